The summed E-state index contributed by atoms with van der Waals surface area (Å²) in [5, 5.41) is 7.40. The van der Waals surface area contributed by atoms with Crippen LogP contribution < -0.4 is 15.4 Å². The fourth-order valence-electron chi connectivity index (χ4n) is 3.36. The number of hydrogen-bond donors (Lipinski definition) is 3. The summed E-state index contributed by atoms with van der Waals surface area (Å²) in [6, 6.07) is 17.6. The summed E-state index contributed by atoms with van der Waals surface area (Å²) in [5.41, 5.74) is 2.52. The lowest BCUT2D eigenvalue weighted by molar-refractivity contribution is 0.299. The van der Waals surface area contributed by atoms with Crippen molar-refractivity contribution < 1.29 is 4.74 Å². The van der Waals surface area contributed by atoms with Gasteiger partial charge in [0.25, 0.3) is 0 Å². The second-order valence-corrected chi connectivity index (χ2v) is 6.71. The number of nitrogens with one attached hydrogen (secondary N) is 2. The molecule has 0 spiro atoms. The smallest absolute Gasteiger partial charge is 0.123 e. The van der Waals surface area contributed by atoms with Crippen LogP contribution in [-0.2, 0) is 6.54 Å². The van der Waals surface area contributed by atoms with E-state index in [4.69, 9.17) is 4.74 Å². The minimum Gasteiger partial charge on any atom is -0.494 e. The van der Waals surface area contributed by atoms with Crippen LogP contribution in [0, 0.1) is 0 Å². The zero-order chi connectivity index (χ0) is 16.8. The minimum atomic E-state index is 0.356. The molecule has 1 fully saturated rings. The Bertz CT molecular complexity index is 647. The average Bonchev–Trinajstić information content (AvgIpc) is 2.63. The highest BCUT2D eigenvalue weighted by Crippen LogP contribution is 2.26. The molecule has 0 aliphatic carbocycles. The molecule has 24 heavy (non-hydrogen) atoms. The van der Waals surface area contributed by atoms with Gasteiger partial charge in [0.05, 0.1) is 6.61 Å². The molecule has 1 heterocycles. The third-order valence-corrected chi connectivity index (χ3v) is 4.79. The van der Waals surface area contributed by atoms with Crippen molar-refractivity contribution in [1.82, 2.24) is 10.6 Å². The van der Waals surface area contributed by atoms with Gasteiger partial charge in [-0.3, -0.25) is 0 Å². The number of thiol groups is 1. The van der Waals surface area contributed by atoms with Crippen LogP contribution in [0.2, 0.25) is 0 Å². The van der Waals surface area contributed by atoms with Gasteiger partial charge < -0.3 is 15.4 Å². The predicted molar refractivity (Wildman–Crippen MR) is 102 cm³/mol. The first-order valence-corrected chi connectivity index (χ1v) is 9.19. The van der Waals surface area contributed by atoms with Gasteiger partial charge in [-0.25, -0.2) is 0 Å². The zero-order valence-corrected chi connectivity index (χ0v) is 15.1. The van der Waals surface area contributed by atoms with Gasteiger partial charge in [-0.1, -0.05) is 30.3 Å². The van der Waals surface area contributed by atoms with E-state index in [1.165, 1.54) is 24.0 Å². The number of hydrogen-bond acceptors (Lipinski definition) is 4. The molecule has 2 aromatic rings. The van der Waals surface area contributed by atoms with Crippen LogP contribution in [0.4, 0.5) is 0 Å². The highest BCUT2D eigenvalue weighted by Gasteiger charge is 2.25. The summed E-state index contributed by atoms with van der Waals surface area (Å²) < 4.78 is 5.75. The summed E-state index contributed by atoms with van der Waals surface area (Å²) in [7, 11) is 0. The van der Waals surface area contributed by atoms with Gasteiger partial charge in [-0.15, -0.1) is 12.6 Å². The molecule has 3 nitrogen and oxygen atoms in total. The number of ether oxygens (including phenoxy) is 1. The van der Waals surface area contributed by atoms with Crippen molar-refractivity contribution in [3.63, 3.8) is 0 Å². The van der Waals surface area contributed by atoms with Crippen LogP contribution in [0.5, 0.6) is 5.75 Å². The molecule has 2 atom stereocenters. The maximum Gasteiger partial charge on any atom is 0.123 e. The van der Waals surface area contributed by atoms with Crippen LogP contribution in [0.15, 0.2) is 53.4 Å². The Kier molecular flexibility index (Phi) is 6.18. The minimum absolute atomic E-state index is 0.356. The third kappa shape index (κ3) is 4.32. The van der Waals surface area contributed by atoms with Crippen LogP contribution in [0.25, 0.3) is 0 Å². The first kappa shape index (κ1) is 17.3. The quantitative estimate of drug-likeness (QED) is 0.695. The van der Waals surface area contributed by atoms with E-state index in [-0.39, 0.29) is 0 Å². The maximum absolute atomic E-state index is 5.75. The Morgan fingerprint density at radius 3 is 2.83 bits per heavy atom. The topological polar surface area (TPSA) is 33.3 Å². The van der Waals surface area contributed by atoms with Crippen molar-refractivity contribution in [3.05, 3.63) is 59.7 Å². The first-order chi connectivity index (χ1) is 11.8. The van der Waals surface area contributed by atoms with E-state index >= 15 is 0 Å². The van der Waals surface area contributed by atoms with Crippen molar-refractivity contribution in [3.8, 4) is 5.75 Å². The van der Waals surface area contributed by atoms with E-state index in [1.807, 2.05) is 19.1 Å². The Balaban J connectivity index is 1.71. The fourth-order valence-corrected chi connectivity index (χ4v) is 3.59. The summed E-state index contributed by atoms with van der Waals surface area (Å²) in [4.78, 5) is 0.969. The van der Waals surface area contributed by atoms with Gasteiger partial charge >= 0.3 is 0 Å². The van der Waals surface area contributed by atoms with E-state index in [1.54, 1.807) is 0 Å². The van der Waals surface area contributed by atoms with Crippen LogP contribution >= 0.6 is 12.6 Å². The Labute approximate surface area is 150 Å². The molecular weight excluding hydrogens is 316 g/mol. The van der Waals surface area contributed by atoms with Gasteiger partial charge in [0.15, 0.2) is 0 Å². The molecule has 0 unspecified atom stereocenters. The lowest BCUT2D eigenvalue weighted by Crippen LogP contribution is -2.45. The van der Waals surface area contributed by atoms with E-state index in [0.29, 0.717) is 18.7 Å². The Hall–Kier alpha value is -1.49. The molecule has 1 aliphatic rings. The standard InChI is InChI=1S/C20H26N2OS/c1-2-23-19-11-10-17(24)13-16(19)14-22-18-9-6-12-21-20(18)15-7-4-3-5-8-15/h3-5,7-8,10-11,13,18,20-22,24H,2,6,9,12,14H2,1H3/t18-,20-/m0/s1. The highest BCUT2D eigenvalue weighted by molar-refractivity contribution is 7.80. The van der Waals surface area contributed by atoms with E-state index in [0.717, 1.165) is 23.7 Å². The number of rotatable bonds is 6. The summed E-state index contributed by atoms with van der Waals surface area (Å²) in [6.45, 7) is 4.56. The van der Waals surface area contributed by atoms with Crippen LogP contribution in [0.3, 0.4) is 0 Å². The summed E-state index contributed by atoms with van der Waals surface area (Å²) in [6.07, 6.45) is 2.38. The molecular formula is C20H26N2OS. The average molecular weight is 343 g/mol. The van der Waals surface area contributed by atoms with Crippen LogP contribution in [-0.4, -0.2) is 19.2 Å². The van der Waals surface area contributed by atoms with E-state index in [9.17, 15) is 0 Å². The van der Waals surface area contributed by atoms with Gasteiger partial charge in [0.2, 0.25) is 0 Å². The molecule has 0 bridgehead atoms. The molecule has 3 rings (SSSR count). The fraction of sp³-hybridized carbons (Fsp3) is 0.400. The molecule has 1 aliphatic heterocycles. The van der Waals surface area contributed by atoms with Gasteiger partial charge in [0, 0.05) is 29.1 Å². The van der Waals surface area contributed by atoms with Crippen LogP contribution in [0.1, 0.15) is 36.9 Å². The van der Waals surface area contributed by atoms with Gasteiger partial charge in [-0.2, -0.15) is 0 Å². The summed E-state index contributed by atoms with van der Waals surface area (Å²) in [5.74, 6) is 0.947. The van der Waals surface area contributed by atoms with E-state index in [2.05, 4.69) is 59.7 Å². The molecule has 2 N–H and O–H groups in total. The molecule has 0 saturated carbocycles. The normalized spacial score (nSPS) is 20.8. The van der Waals surface area contributed by atoms with Crippen molar-refractivity contribution in [1.29, 1.82) is 0 Å². The number of benzene rings is 2. The largest absolute Gasteiger partial charge is 0.494 e. The van der Waals surface area contributed by atoms with Gasteiger partial charge in [-0.05, 0) is 50.1 Å². The molecule has 0 amide bonds. The Morgan fingerprint density at radius 1 is 1.21 bits per heavy atom. The summed E-state index contributed by atoms with van der Waals surface area (Å²) >= 11 is 4.47. The zero-order valence-electron chi connectivity index (χ0n) is 14.2. The number of piperidine rings is 1. The van der Waals surface area contributed by atoms with Crippen molar-refractivity contribution in [2.75, 3.05) is 13.2 Å². The van der Waals surface area contributed by atoms with Crippen molar-refractivity contribution in [2.24, 2.45) is 0 Å². The second-order valence-electron chi connectivity index (χ2n) is 6.20. The maximum atomic E-state index is 5.75. The van der Waals surface area contributed by atoms with Crippen molar-refractivity contribution >= 4 is 12.6 Å². The monoisotopic (exact) mass is 342 g/mol. The van der Waals surface area contributed by atoms with E-state index < -0.39 is 0 Å². The lowest BCUT2D eigenvalue weighted by Gasteiger charge is -2.34. The molecule has 1 saturated heterocycles. The van der Waals surface area contributed by atoms with Crippen molar-refractivity contribution in [2.45, 2.75) is 43.3 Å². The molecule has 128 valence electrons. The second kappa shape index (κ2) is 8.56. The predicted octanol–water partition coefficient (Wildman–Crippen LogP) is 3.96. The first-order valence-electron chi connectivity index (χ1n) is 8.74. The van der Waals surface area contributed by atoms with Gasteiger partial charge in [0.1, 0.15) is 5.75 Å². The third-order valence-electron chi connectivity index (χ3n) is 4.52. The molecule has 0 radical (unpaired) electrons. The molecule has 0 aromatic heterocycles. The molecule has 4 heteroatoms. The lowest BCUT2D eigenvalue weighted by atomic mass is 9.92. The Morgan fingerprint density at radius 2 is 2.04 bits per heavy atom. The molecule has 2 aromatic carbocycles. The highest BCUT2D eigenvalue weighted by atomic mass is 32.1. The SMILES string of the molecule is CCOc1ccc(S)cc1CN[C@H]1CCCN[C@H]1c1ccccc1.